The zero-order chi connectivity index (χ0) is 24.8. The maximum absolute atomic E-state index is 12.7. The molecule has 0 aromatic heterocycles. The van der Waals surface area contributed by atoms with Crippen LogP contribution in [0.5, 0.6) is 0 Å². The van der Waals surface area contributed by atoms with Gasteiger partial charge in [0.05, 0.1) is 0 Å². The average Bonchev–Trinajstić information content (AvgIpc) is 3.21. The molecule has 1 N–H and O–H groups in total. The first kappa shape index (κ1) is 26.3. The minimum absolute atomic E-state index is 0.108. The summed E-state index contributed by atoms with van der Waals surface area (Å²) in [6, 6.07) is 9.87. The molecule has 2 aliphatic rings. The first-order valence-electron chi connectivity index (χ1n) is 12.7. The molecule has 7 heteroatoms. The molecule has 1 atom stereocenters. The second kappa shape index (κ2) is 11.4. The highest BCUT2D eigenvalue weighted by Crippen LogP contribution is 2.30. The van der Waals surface area contributed by atoms with Crippen molar-refractivity contribution < 1.29 is 19.1 Å². The predicted octanol–water partition coefficient (Wildman–Crippen LogP) is 5.05. The predicted molar refractivity (Wildman–Crippen MR) is 134 cm³/mol. The lowest BCUT2D eigenvalue weighted by Gasteiger charge is -2.34. The summed E-state index contributed by atoms with van der Waals surface area (Å²) in [6.45, 7) is 15.2. The van der Waals surface area contributed by atoms with Gasteiger partial charge in [0.25, 0.3) is 0 Å². The number of ether oxygens (including phenoxy) is 2. The van der Waals surface area contributed by atoms with Crippen LogP contribution in [-0.4, -0.2) is 66.4 Å². The van der Waals surface area contributed by atoms with Crippen molar-refractivity contribution in [2.24, 2.45) is 11.3 Å². The van der Waals surface area contributed by atoms with Crippen LogP contribution >= 0.6 is 0 Å². The Morgan fingerprint density at radius 3 is 2.32 bits per heavy atom. The number of piperidine rings is 1. The fourth-order valence-corrected chi connectivity index (χ4v) is 5.32. The number of amides is 2. The number of nitrogens with zero attached hydrogens (tertiary/aromatic N) is 2. The van der Waals surface area contributed by atoms with Crippen molar-refractivity contribution in [1.29, 1.82) is 0 Å². The Hall–Kier alpha value is -2.28. The lowest BCUT2D eigenvalue weighted by Crippen LogP contribution is -2.46. The second-order valence-electron chi connectivity index (χ2n) is 11.7. The van der Waals surface area contributed by atoms with Gasteiger partial charge < -0.3 is 24.6 Å². The van der Waals surface area contributed by atoms with Gasteiger partial charge in [-0.25, -0.2) is 9.59 Å². The molecule has 3 rings (SSSR count). The molecule has 190 valence electrons. The van der Waals surface area contributed by atoms with Crippen molar-refractivity contribution in [2.45, 2.75) is 78.6 Å². The van der Waals surface area contributed by atoms with Crippen molar-refractivity contribution in [3.8, 4) is 0 Å². The van der Waals surface area contributed by atoms with E-state index in [1.54, 1.807) is 0 Å². The number of alkyl carbamates (subject to hydrolysis) is 1. The van der Waals surface area contributed by atoms with Crippen LogP contribution in [0.15, 0.2) is 30.3 Å². The molecule has 0 saturated carbocycles. The Morgan fingerprint density at radius 1 is 1.00 bits per heavy atom. The summed E-state index contributed by atoms with van der Waals surface area (Å²) in [5.74, 6) is 0.471. The van der Waals surface area contributed by atoms with E-state index in [2.05, 4.69) is 31.0 Å². The number of rotatable bonds is 7. The summed E-state index contributed by atoms with van der Waals surface area (Å²) in [7, 11) is 0. The summed E-state index contributed by atoms with van der Waals surface area (Å²) in [6.07, 6.45) is 3.14. The molecular weight excluding hydrogens is 430 g/mol. The van der Waals surface area contributed by atoms with Gasteiger partial charge in [-0.05, 0) is 56.4 Å². The number of carbonyl (C=O) groups is 2. The number of hydrogen-bond donors (Lipinski definition) is 1. The fourth-order valence-electron chi connectivity index (χ4n) is 5.32. The lowest BCUT2D eigenvalue weighted by molar-refractivity contribution is -0.00730. The Bertz CT molecular complexity index is 798. The van der Waals surface area contributed by atoms with Gasteiger partial charge in [-0.1, -0.05) is 51.1 Å². The smallest absolute Gasteiger partial charge is 0.410 e. The molecule has 0 radical (unpaired) electrons. The molecule has 0 bridgehead atoms. The third-order valence-corrected chi connectivity index (χ3v) is 6.50. The van der Waals surface area contributed by atoms with E-state index in [-0.39, 0.29) is 23.6 Å². The highest BCUT2D eigenvalue weighted by molar-refractivity contribution is 5.68. The zero-order valence-corrected chi connectivity index (χ0v) is 21.6. The number of carbonyl (C=O) groups excluding carboxylic acids is 2. The van der Waals surface area contributed by atoms with Crippen LogP contribution in [0.2, 0.25) is 0 Å². The Labute approximate surface area is 205 Å². The van der Waals surface area contributed by atoms with E-state index in [0.29, 0.717) is 12.5 Å². The molecule has 1 aromatic rings. The highest BCUT2D eigenvalue weighted by Gasteiger charge is 2.34. The van der Waals surface area contributed by atoms with Gasteiger partial charge in [0, 0.05) is 38.8 Å². The molecular formula is C27H43N3O4. The molecule has 2 amide bonds. The molecule has 0 spiro atoms. The quantitative estimate of drug-likeness (QED) is 0.600. The van der Waals surface area contributed by atoms with E-state index >= 15 is 0 Å². The van der Waals surface area contributed by atoms with Crippen LogP contribution in [0.4, 0.5) is 9.59 Å². The van der Waals surface area contributed by atoms with Gasteiger partial charge in [-0.15, -0.1) is 0 Å². The van der Waals surface area contributed by atoms with E-state index in [0.717, 1.165) is 64.0 Å². The van der Waals surface area contributed by atoms with E-state index in [4.69, 9.17) is 9.47 Å². The summed E-state index contributed by atoms with van der Waals surface area (Å²) in [5, 5.41) is 3.01. The maximum atomic E-state index is 12.7. The minimum atomic E-state index is -0.468. The van der Waals surface area contributed by atoms with Crippen LogP contribution < -0.4 is 5.32 Å². The second-order valence-corrected chi connectivity index (χ2v) is 11.7. The van der Waals surface area contributed by atoms with E-state index in [9.17, 15) is 9.59 Å². The summed E-state index contributed by atoms with van der Waals surface area (Å²) in [4.78, 5) is 29.2. The molecule has 2 fully saturated rings. The molecule has 1 aromatic carbocycles. The average molecular weight is 474 g/mol. The first-order chi connectivity index (χ1) is 16.0. The molecule has 2 heterocycles. The Morgan fingerprint density at radius 2 is 1.68 bits per heavy atom. The van der Waals surface area contributed by atoms with Crippen molar-refractivity contribution in [3.63, 3.8) is 0 Å². The van der Waals surface area contributed by atoms with Gasteiger partial charge in [-0.3, -0.25) is 0 Å². The number of benzene rings is 1. The van der Waals surface area contributed by atoms with E-state index < -0.39 is 5.60 Å². The minimum Gasteiger partial charge on any atom is -0.445 e. The topological polar surface area (TPSA) is 71.1 Å². The van der Waals surface area contributed by atoms with Crippen molar-refractivity contribution >= 4 is 12.2 Å². The monoisotopic (exact) mass is 473 g/mol. The fraction of sp³-hybridized carbons (Fsp3) is 0.704. The third-order valence-electron chi connectivity index (χ3n) is 6.50. The standard InChI is InChI=1S/C27H43N3O4/c1-26(2,3)20-27(4,5)34-25(32)30-16-11-22(18-30)17-29-14-12-23(13-15-29)28-24(31)33-19-21-9-7-6-8-10-21/h6-10,22-23H,11-20H2,1-5H3,(H,28,31). The molecule has 2 saturated heterocycles. The molecule has 1 unspecified atom stereocenters. The zero-order valence-electron chi connectivity index (χ0n) is 21.6. The largest absolute Gasteiger partial charge is 0.445 e. The van der Waals surface area contributed by atoms with Crippen LogP contribution in [0.1, 0.15) is 65.9 Å². The first-order valence-corrected chi connectivity index (χ1v) is 12.7. The third kappa shape index (κ3) is 8.82. The van der Waals surface area contributed by atoms with Gasteiger partial charge >= 0.3 is 12.2 Å². The molecule has 7 nitrogen and oxygen atoms in total. The van der Waals surface area contributed by atoms with Crippen LogP contribution in [0, 0.1) is 11.3 Å². The van der Waals surface area contributed by atoms with E-state index in [1.165, 1.54) is 0 Å². The van der Waals surface area contributed by atoms with Gasteiger partial charge in [-0.2, -0.15) is 0 Å². The lowest BCUT2D eigenvalue weighted by atomic mass is 9.84. The number of likely N-dealkylation sites (tertiary alicyclic amines) is 2. The molecule has 34 heavy (non-hydrogen) atoms. The summed E-state index contributed by atoms with van der Waals surface area (Å²) < 4.78 is 11.2. The maximum Gasteiger partial charge on any atom is 0.410 e. The number of nitrogens with one attached hydrogen (secondary N) is 1. The highest BCUT2D eigenvalue weighted by atomic mass is 16.6. The van der Waals surface area contributed by atoms with Crippen molar-refractivity contribution in [3.05, 3.63) is 35.9 Å². The molecule has 0 aliphatic carbocycles. The summed E-state index contributed by atoms with van der Waals surface area (Å²) in [5.41, 5.74) is 0.626. The van der Waals surface area contributed by atoms with Gasteiger partial charge in [0.15, 0.2) is 0 Å². The van der Waals surface area contributed by atoms with Crippen LogP contribution in [0.25, 0.3) is 0 Å². The number of hydrogen-bond acceptors (Lipinski definition) is 5. The Kier molecular flexibility index (Phi) is 8.85. The Balaban J connectivity index is 1.33. The van der Waals surface area contributed by atoms with Crippen molar-refractivity contribution in [2.75, 3.05) is 32.7 Å². The van der Waals surface area contributed by atoms with Gasteiger partial charge in [0.2, 0.25) is 0 Å². The van der Waals surface area contributed by atoms with Crippen molar-refractivity contribution in [1.82, 2.24) is 15.1 Å². The van der Waals surface area contributed by atoms with E-state index in [1.807, 2.05) is 49.1 Å². The normalized spacial score (nSPS) is 20.3. The van der Waals surface area contributed by atoms with Crippen LogP contribution in [-0.2, 0) is 16.1 Å². The van der Waals surface area contributed by atoms with Crippen LogP contribution in [0.3, 0.4) is 0 Å². The molecule has 2 aliphatic heterocycles. The SMILES string of the molecule is CC(C)(C)CC(C)(C)OC(=O)N1CCC(CN2CCC(NC(=O)OCc3ccccc3)CC2)C1. The summed E-state index contributed by atoms with van der Waals surface area (Å²) >= 11 is 0. The van der Waals surface area contributed by atoms with Gasteiger partial charge in [0.1, 0.15) is 12.2 Å².